The molecule has 4 nitrogen and oxygen atoms in total. The molecule has 0 radical (unpaired) electrons. The van der Waals surface area contributed by atoms with Gasteiger partial charge in [0.25, 0.3) is 0 Å². The number of aliphatic imine (C=N–C) groups is 1. The molecule has 0 bridgehead atoms. The van der Waals surface area contributed by atoms with Gasteiger partial charge in [0, 0.05) is 16.5 Å². The van der Waals surface area contributed by atoms with E-state index >= 15 is 0 Å². The van der Waals surface area contributed by atoms with Crippen LogP contribution >= 0.6 is 11.6 Å². The van der Waals surface area contributed by atoms with Crippen molar-refractivity contribution in [1.82, 2.24) is 0 Å². The number of benzene rings is 1. The molecule has 0 N–H and O–H groups in total. The predicted molar refractivity (Wildman–Crippen MR) is 74.3 cm³/mol. The molecule has 0 fully saturated rings. The van der Waals surface area contributed by atoms with Crippen molar-refractivity contribution in [2.45, 2.75) is 13.8 Å². The summed E-state index contributed by atoms with van der Waals surface area (Å²) in [5.74, 6) is 0.664. The van der Waals surface area contributed by atoms with Gasteiger partial charge in [0.1, 0.15) is 5.75 Å². The quantitative estimate of drug-likeness (QED) is 0.630. The van der Waals surface area contributed by atoms with Crippen LogP contribution in [0.4, 0.5) is 0 Å². The van der Waals surface area contributed by atoms with Gasteiger partial charge in [0.05, 0.1) is 7.11 Å². The highest BCUT2D eigenvalue weighted by Gasteiger charge is 2.25. The van der Waals surface area contributed by atoms with E-state index in [9.17, 15) is 4.79 Å². The summed E-state index contributed by atoms with van der Waals surface area (Å²) in [5.41, 5.74) is 0.944. The van der Waals surface area contributed by atoms with Crippen molar-refractivity contribution in [3.8, 4) is 5.75 Å². The third-order valence-corrected chi connectivity index (χ3v) is 2.85. The molecule has 0 atom stereocenters. The molecule has 0 saturated heterocycles. The lowest BCUT2D eigenvalue weighted by molar-refractivity contribution is -0.130. The van der Waals surface area contributed by atoms with E-state index in [1.54, 1.807) is 31.4 Å². The van der Waals surface area contributed by atoms with Gasteiger partial charge in [0.15, 0.2) is 5.70 Å². The molecule has 0 unspecified atom stereocenters. The Balaban J connectivity index is 2.41. The van der Waals surface area contributed by atoms with Crippen LogP contribution in [0.3, 0.4) is 0 Å². The molecule has 0 aromatic heterocycles. The van der Waals surface area contributed by atoms with Crippen molar-refractivity contribution in [3.05, 3.63) is 34.5 Å². The third kappa shape index (κ3) is 2.96. The summed E-state index contributed by atoms with van der Waals surface area (Å²) in [7, 11) is 1.56. The number of rotatable bonds is 3. The number of carbonyl (C=O) groups excluding carboxylic acids is 1. The standard InChI is InChI=1S/C14H14ClNO3/c1-8(2)13-16-11(14(17)19-13)7-9-6-10(15)4-5-12(9)18-3/h4-8H,1-3H3/b11-7+. The maximum atomic E-state index is 11.7. The molecule has 1 aliphatic heterocycles. The molecule has 5 heteroatoms. The lowest BCUT2D eigenvalue weighted by Crippen LogP contribution is -2.09. The van der Waals surface area contributed by atoms with E-state index in [0.717, 1.165) is 0 Å². The molecule has 1 heterocycles. The summed E-state index contributed by atoms with van der Waals surface area (Å²) < 4.78 is 10.3. The number of halogens is 1. The fraction of sp³-hybridized carbons (Fsp3) is 0.286. The van der Waals surface area contributed by atoms with Crippen molar-refractivity contribution in [2.75, 3.05) is 7.11 Å². The number of hydrogen-bond acceptors (Lipinski definition) is 4. The van der Waals surface area contributed by atoms with Gasteiger partial charge in [-0.25, -0.2) is 9.79 Å². The molecule has 1 aromatic carbocycles. The normalized spacial score (nSPS) is 16.8. The Morgan fingerprint density at radius 3 is 2.74 bits per heavy atom. The predicted octanol–water partition coefficient (Wildman–Crippen LogP) is 3.30. The van der Waals surface area contributed by atoms with E-state index in [2.05, 4.69) is 4.99 Å². The highest BCUT2D eigenvalue weighted by atomic mass is 35.5. The molecule has 1 aliphatic rings. The second-order valence-electron chi connectivity index (χ2n) is 4.41. The van der Waals surface area contributed by atoms with Gasteiger partial charge in [-0.1, -0.05) is 25.4 Å². The number of nitrogens with zero attached hydrogens (tertiary/aromatic N) is 1. The highest BCUT2D eigenvalue weighted by molar-refractivity contribution is 6.30. The smallest absolute Gasteiger partial charge is 0.363 e. The molecule has 100 valence electrons. The Bertz CT molecular complexity index is 576. The molecule has 2 rings (SSSR count). The average molecular weight is 280 g/mol. The van der Waals surface area contributed by atoms with Crippen LogP contribution in [0.25, 0.3) is 6.08 Å². The van der Waals surface area contributed by atoms with Gasteiger partial charge < -0.3 is 9.47 Å². The maximum Gasteiger partial charge on any atom is 0.363 e. The van der Waals surface area contributed by atoms with Crippen molar-refractivity contribution < 1.29 is 14.3 Å². The van der Waals surface area contributed by atoms with E-state index in [4.69, 9.17) is 21.1 Å². The first-order valence-electron chi connectivity index (χ1n) is 5.87. The Morgan fingerprint density at radius 2 is 2.16 bits per heavy atom. The molecule has 19 heavy (non-hydrogen) atoms. The summed E-state index contributed by atoms with van der Waals surface area (Å²) >= 11 is 5.94. The van der Waals surface area contributed by atoms with Gasteiger partial charge in [0.2, 0.25) is 5.90 Å². The third-order valence-electron chi connectivity index (χ3n) is 2.61. The zero-order valence-corrected chi connectivity index (χ0v) is 11.7. The second kappa shape index (κ2) is 5.45. The topological polar surface area (TPSA) is 47.9 Å². The zero-order valence-electron chi connectivity index (χ0n) is 10.9. The van der Waals surface area contributed by atoms with Crippen LogP contribution in [0.5, 0.6) is 5.75 Å². The minimum atomic E-state index is -0.453. The van der Waals surface area contributed by atoms with Gasteiger partial charge >= 0.3 is 5.97 Å². The summed E-state index contributed by atoms with van der Waals surface area (Å²) in [5, 5.41) is 0.562. The first-order valence-corrected chi connectivity index (χ1v) is 6.25. The average Bonchev–Trinajstić information content (AvgIpc) is 2.72. The van der Waals surface area contributed by atoms with Crippen molar-refractivity contribution in [3.63, 3.8) is 0 Å². The molecule has 0 amide bonds. The molecular formula is C14H14ClNO3. The fourth-order valence-corrected chi connectivity index (χ4v) is 1.82. The number of ether oxygens (including phenoxy) is 2. The van der Waals surface area contributed by atoms with E-state index in [0.29, 0.717) is 22.2 Å². The Morgan fingerprint density at radius 1 is 1.42 bits per heavy atom. The lowest BCUT2D eigenvalue weighted by Gasteiger charge is -2.04. The Hall–Kier alpha value is -1.81. The van der Waals surface area contributed by atoms with E-state index in [1.807, 2.05) is 13.8 Å². The Labute approximate surface area is 116 Å². The second-order valence-corrected chi connectivity index (χ2v) is 4.85. The minimum Gasteiger partial charge on any atom is -0.496 e. The van der Waals surface area contributed by atoms with Crippen LogP contribution in [-0.4, -0.2) is 19.0 Å². The number of methoxy groups -OCH3 is 1. The molecule has 0 aliphatic carbocycles. The molecule has 0 spiro atoms. The first-order chi connectivity index (χ1) is 9.01. The van der Waals surface area contributed by atoms with Crippen LogP contribution in [0.2, 0.25) is 5.02 Å². The summed E-state index contributed by atoms with van der Waals surface area (Å²) in [6.07, 6.45) is 1.61. The van der Waals surface area contributed by atoms with Crippen LogP contribution < -0.4 is 4.74 Å². The molecular weight excluding hydrogens is 266 g/mol. The van der Waals surface area contributed by atoms with E-state index in [1.165, 1.54) is 0 Å². The van der Waals surface area contributed by atoms with Gasteiger partial charge in [-0.2, -0.15) is 0 Å². The largest absolute Gasteiger partial charge is 0.496 e. The number of hydrogen-bond donors (Lipinski definition) is 0. The van der Waals surface area contributed by atoms with Gasteiger partial charge in [-0.3, -0.25) is 0 Å². The number of carbonyl (C=O) groups is 1. The summed E-state index contributed by atoms with van der Waals surface area (Å²) in [6, 6.07) is 5.17. The minimum absolute atomic E-state index is 0.0658. The summed E-state index contributed by atoms with van der Waals surface area (Å²) in [4.78, 5) is 15.9. The molecule has 0 saturated carbocycles. The van der Waals surface area contributed by atoms with Crippen LogP contribution in [0, 0.1) is 5.92 Å². The fourth-order valence-electron chi connectivity index (χ4n) is 1.64. The SMILES string of the molecule is COc1ccc(Cl)cc1/C=C1/N=C(C(C)C)OC1=O. The highest BCUT2D eigenvalue weighted by Crippen LogP contribution is 2.27. The van der Waals surface area contributed by atoms with E-state index < -0.39 is 5.97 Å². The van der Waals surface area contributed by atoms with Gasteiger partial charge in [-0.15, -0.1) is 0 Å². The number of esters is 1. The van der Waals surface area contributed by atoms with Gasteiger partial charge in [-0.05, 0) is 24.3 Å². The van der Waals surface area contributed by atoms with Crippen LogP contribution in [0.15, 0.2) is 28.9 Å². The first kappa shape index (κ1) is 13.6. The van der Waals surface area contributed by atoms with Crippen LogP contribution in [-0.2, 0) is 9.53 Å². The Kier molecular flexibility index (Phi) is 3.90. The van der Waals surface area contributed by atoms with Crippen LogP contribution in [0.1, 0.15) is 19.4 Å². The molecule has 1 aromatic rings. The van der Waals surface area contributed by atoms with Crippen molar-refractivity contribution >= 4 is 29.5 Å². The van der Waals surface area contributed by atoms with Crippen molar-refractivity contribution in [2.24, 2.45) is 10.9 Å². The lowest BCUT2D eigenvalue weighted by atomic mass is 10.1. The summed E-state index contributed by atoms with van der Waals surface area (Å²) in [6.45, 7) is 3.82. The van der Waals surface area contributed by atoms with Crippen molar-refractivity contribution in [1.29, 1.82) is 0 Å². The maximum absolute atomic E-state index is 11.7. The van der Waals surface area contributed by atoms with E-state index in [-0.39, 0.29) is 11.6 Å². The zero-order chi connectivity index (χ0) is 14.0. The monoisotopic (exact) mass is 279 g/mol. The number of cyclic esters (lactones) is 1.